The van der Waals surface area contributed by atoms with Crippen LogP contribution in [0.15, 0.2) is 4.99 Å². The molecule has 1 aliphatic rings. The molecular weight excluding hydrogens is 115 g/mol. The SMILES string of the molecule is C1=NCC[NH2+]1.[Cl-].[OH-]. The van der Waals surface area contributed by atoms with Crippen LogP contribution in [-0.4, -0.2) is 24.9 Å². The molecule has 0 unspecified atom stereocenters. The summed E-state index contributed by atoms with van der Waals surface area (Å²) < 4.78 is 0. The van der Waals surface area contributed by atoms with E-state index in [-0.39, 0.29) is 17.9 Å². The topological polar surface area (TPSA) is 59.0 Å². The standard InChI is InChI=1S/C3H6N2.ClH.H2O/c1-2-5-3-4-1;;/h3H,1-2H2,(H,4,5);1H;1H2/p-1. The first-order valence-electron chi connectivity index (χ1n) is 1.82. The van der Waals surface area contributed by atoms with Gasteiger partial charge in [-0.25, -0.2) is 4.99 Å². The van der Waals surface area contributed by atoms with Gasteiger partial charge in [-0.1, -0.05) is 0 Å². The van der Waals surface area contributed by atoms with Crippen molar-refractivity contribution in [3.63, 3.8) is 0 Å². The Balaban J connectivity index is 0. The fourth-order valence-corrected chi connectivity index (χ4v) is 0.373. The molecule has 0 amide bonds. The van der Waals surface area contributed by atoms with E-state index in [2.05, 4.69) is 10.3 Å². The maximum atomic E-state index is 3.90. The highest BCUT2D eigenvalue weighted by Gasteiger charge is 1.88. The van der Waals surface area contributed by atoms with Crippen LogP contribution in [-0.2, 0) is 0 Å². The zero-order valence-corrected chi connectivity index (χ0v) is 4.60. The van der Waals surface area contributed by atoms with Crippen LogP contribution in [0.1, 0.15) is 0 Å². The second-order valence-electron chi connectivity index (χ2n) is 1.08. The van der Waals surface area contributed by atoms with E-state index in [1.807, 2.05) is 6.34 Å². The fraction of sp³-hybridized carbons (Fsp3) is 0.667. The van der Waals surface area contributed by atoms with Gasteiger partial charge in [-0.2, -0.15) is 0 Å². The lowest BCUT2D eigenvalue weighted by Crippen LogP contribution is -3.00. The van der Waals surface area contributed by atoms with Crippen LogP contribution in [0.25, 0.3) is 0 Å². The summed E-state index contributed by atoms with van der Waals surface area (Å²) in [4.78, 5) is 3.90. The van der Waals surface area contributed by atoms with Crippen LogP contribution >= 0.6 is 0 Å². The molecule has 0 aromatic carbocycles. The molecule has 3 nitrogen and oxygen atoms in total. The minimum absolute atomic E-state index is 0. The fourth-order valence-electron chi connectivity index (χ4n) is 0.373. The van der Waals surface area contributed by atoms with Crippen molar-refractivity contribution in [1.29, 1.82) is 0 Å². The zero-order chi connectivity index (χ0) is 3.54. The van der Waals surface area contributed by atoms with Crippen LogP contribution in [0.5, 0.6) is 0 Å². The van der Waals surface area contributed by atoms with Gasteiger partial charge in [0.2, 0.25) is 0 Å². The van der Waals surface area contributed by atoms with E-state index in [4.69, 9.17) is 0 Å². The second kappa shape index (κ2) is 5.88. The predicted octanol–water partition coefficient (Wildman–Crippen LogP) is -4.58. The first-order chi connectivity index (χ1) is 2.50. The highest BCUT2D eigenvalue weighted by atomic mass is 35.5. The number of nitrogens with zero attached hydrogens (tertiary/aromatic N) is 1. The molecule has 0 bridgehead atoms. The lowest BCUT2D eigenvalue weighted by molar-refractivity contribution is -0.518. The van der Waals surface area contributed by atoms with Crippen LogP contribution in [0, 0.1) is 0 Å². The number of hydrogen-bond donors (Lipinski definition) is 1. The largest absolute Gasteiger partial charge is 1.00 e. The summed E-state index contributed by atoms with van der Waals surface area (Å²) in [5, 5.41) is 2.07. The van der Waals surface area contributed by atoms with Crippen molar-refractivity contribution in [2.75, 3.05) is 13.1 Å². The van der Waals surface area contributed by atoms with Crippen molar-refractivity contribution >= 4 is 6.34 Å². The molecule has 1 rings (SSSR count). The Morgan fingerprint density at radius 1 is 1.57 bits per heavy atom. The Kier molecular flexibility index (Phi) is 8.39. The summed E-state index contributed by atoms with van der Waals surface area (Å²) in [5.74, 6) is 0. The highest BCUT2D eigenvalue weighted by Crippen LogP contribution is 1.59. The quantitative estimate of drug-likeness (QED) is 0.346. The Morgan fingerprint density at radius 2 is 2.29 bits per heavy atom. The summed E-state index contributed by atoms with van der Waals surface area (Å²) in [6.45, 7) is 2.17. The Hall–Kier alpha value is -0.120. The maximum absolute atomic E-state index is 3.90. The predicted molar refractivity (Wildman–Crippen MR) is 22.1 cm³/mol. The van der Waals surface area contributed by atoms with Gasteiger partial charge in [0, 0.05) is 0 Å². The monoisotopic (exact) mass is 123 g/mol. The average Bonchev–Trinajstić information content (AvgIpc) is 1.76. The van der Waals surface area contributed by atoms with Crippen molar-refractivity contribution < 1.29 is 23.2 Å². The second-order valence-corrected chi connectivity index (χ2v) is 1.08. The van der Waals surface area contributed by atoms with Gasteiger partial charge in [0.25, 0.3) is 0 Å². The number of halogens is 1. The summed E-state index contributed by atoms with van der Waals surface area (Å²) in [6.07, 6.45) is 1.86. The van der Waals surface area contributed by atoms with Gasteiger partial charge >= 0.3 is 0 Å². The third kappa shape index (κ3) is 3.72. The van der Waals surface area contributed by atoms with Crippen LogP contribution in [0.3, 0.4) is 0 Å². The molecule has 0 spiro atoms. The number of rotatable bonds is 0. The van der Waals surface area contributed by atoms with Crippen LogP contribution < -0.4 is 17.7 Å². The van der Waals surface area contributed by atoms with Gasteiger partial charge < -0.3 is 23.2 Å². The summed E-state index contributed by atoms with van der Waals surface area (Å²) >= 11 is 0. The van der Waals surface area contributed by atoms with Gasteiger partial charge in [-0.15, -0.1) is 0 Å². The highest BCUT2D eigenvalue weighted by molar-refractivity contribution is 5.42. The molecule has 0 saturated carbocycles. The van der Waals surface area contributed by atoms with E-state index in [1.165, 1.54) is 0 Å². The molecule has 1 aliphatic heterocycles. The van der Waals surface area contributed by atoms with Gasteiger partial charge in [-0.3, -0.25) is 0 Å². The van der Waals surface area contributed by atoms with Crippen molar-refractivity contribution in [3.05, 3.63) is 0 Å². The molecule has 0 atom stereocenters. The smallest absolute Gasteiger partial charge is 0.182 e. The third-order valence-corrected chi connectivity index (χ3v) is 0.636. The van der Waals surface area contributed by atoms with Gasteiger partial charge in [0.15, 0.2) is 6.34 Å². The van der Waals surface area contributed by atoms with Gasteiger partial charge in [0.1, 0.15) is 6.54 Å². The number of quaternary nitrogens is 1. The van der Waals surface area contributed by atoms with E-state index in [1.54, 1.807) is 0 Å². The Bertz CT molecular complexity index is 50.9. The molecule has 0 radical (unpaired) electrons. The molecule has 3 N–H and O–H groups in total. The number of aliphatic imine (C=N–C) groups is 1. The van der Waals surface area contributed by atoms with Crippen molar-refractivity contribution in [2.45, 2.75) is 0 Å². The molecule has 0 aliphatic carbocycles. The Morgan fingerprint density at radius 3 is 2.43 bits per heavy atom. The summed E-state index contributed by atoms with van der Waals surface area (Å²) in [7, 11) is 0. The minimum atomic E-state index is 0. The van der Waals surface area contributed by atoms with Crippen LogP contribution in [0.2, 0.25) is 0 Å². The summed E-state index contributed by atoms with van der Waals surface area (Å²) in [6, 6.07) is 0. The van der Waals surface area contributed by atoms with Crippen molar-refractivity contribution in [1.82, 2.24) is 0 Å². The zero-order valence-electron chi connectivity index (χ0n) is 3.84. The van der Waals surface area contributed by atoms with E-state index >= 15 is 0 Å². The maximum Gasteiger partial charge on any atom is 0.182 e. The number of hydrogen-bond acceptors (Lipinski definition) is 2. The molecule has 0 saturated heterocycles. The average molecular weight is 124 g/mol. The molecule has 7 heavy (non-hydrogen) atoms. The molecule has 0 fully saturated rings. The van der Waals surface area contributed by atoms with Crippen molar-refractivity contribution in [2.24, 2.45) is 4.99 Å². The first kappa shape index (κ1) is 9.99. The first-order valence-corrected chi connectivity index (χ1v) is 1.82. The minimum Gasteiger partial charge on any atom is -1.00 e. The summed E-state index contributed by atoms with van der Waals surface area (Å²) in [5.41, 5.74) is 0. The molecule has 44 valence electrons. The third-order valence-electron chi connectivity index (χ3n) is 0.636. The van der Waals surface area contributed by atoms with E-state index in [0.29, 0.717) is 0 Å². The van der Waals surface area contributed by atoms with E-state index < -0.39 is 0 Å². The molecule has 4 heteroatoms. The van der Waals surface area contributed by atoms with E-state index in [9.17, 15) is 0 Å². The molecule has 1 heterocycles. The van der Waals surface area contributed by atoms with Gasteiger partial charge in [0.05, 0.1) is 6.54 Å². The normalized spacial score (nSPS) is 14.9. The van der Waals surface area contributed by atoms with Gasteiger partial charge in [-0.05, 0) is 0 Å². The van der Waals surface area contributed by atoms with E-state index in [0.717, 1.165) is 13.1 Å². The van der Waals surface area contributed by atoms with Crippen molar-refractivity contribution in [3.8, 4) is 0 Å². The molecule has 0 aromatic rings. The lowest BCUT2D eigenvalue weighted by Gasteiger charge is -1.68. The lowest BCUT2D eigenvalue weighted by atomic mass is 10.7. The molecule has 0 aromatic heterocycles. The number of nitrogens with two attached hydrogens (primary N) is 1. The molecular formula is C3H8ClN2O-. The van der Waals surface area contributed by atoms with Crippen LogP contribution in [0.4, 0.5) is 0 Å². The Labute approximate surface area is 48.5 Å².